The van der Waals surface area contributed by atoms with Crippen LogP contribution in [0.5, 0.6) is 0 Å². The van der Waals surface area contributed by atoms with Crippen LogP contribution in [0.1, 0.15) is 45.9 Å². The molecule has 4 rings (SSSR count). The Morgan fingerprint density at radius 3 is 2.64 bits per heavy atom. The van der Waals surface area contributed by atoms with Crippen molar-refractivity contribution < 1.29 is 4.79 Å². The molecule has 1 N–H and O–H groups in total. The fourth-order valence-corrected chi connectivity index (χ4v) is 3.20. The van der Waals surface area contributed by atoms with E-state index in [0.717, 1.165) is 41.0 Å². The van der Waals surface area contributed by atoms with Gasteiger partial charge in [0, 0.05) is 11.6 Å². The molecule has 4 nitrogen and oxygen atoms in total. The number of rotatable bonds is 4. The Bertz CT molecular complexity index is 938. The van der Waals surface area contributed by atoms with E-state index in [0.29, 0.717) is 11.5 Å². The molecule has 1 heterocycles. The summed E-state index contributed by atoms with van der Waals surface area (Å²) >= 11 is 0. The standard InChI is InChI=1S/C21H21N3O/c1-14-6-5-8-17(12-14)23-21(25)18-13-22-24(20(18)16-10-11-16)19-9-4-3-7-15(19)2/h3-9,12-13,16H,10-11H2,1-2H3,(H,23,25). The summed E-state index contributed by atoms with van der Waals surface area (Å²) < 4.78 is 1.94. The van der Waals surface area contributed by atoms with Crippen molar-refractivity contribution in [1.82, 2.24) is 9.78 Å². The minimum atomic E-state index is -0.0904. The van der Waals surface area contributed by atoms with Crippen LogP contribution < -0.4 is 5.32 Å². The van der Waals surface area contributed by atoms with Gasteiger partial charge in [-0.15, -0.1) is 0 Å². The number of aromatic nitrogens is 2. The summed E-state index contributed by atoms with van der Waals surface area (Å²) in [7, 11) is 0. The Morgan fingerprint density at radius 2 is 1.92 bits per heavy atom. The molecule has 0 unspecified atom stereocenters. The highest BCUT2D eigenvalue weighted by molar-refractivity contribution is 6.05. The number of carbonyl (C=O) groups excluding carboxylic acids is 1. The number of nitrogens with zero attached hydrogens (tertiary/aromatic N) is 2. The number of hydrogen-bond donors (Lipinski definition) is 1. The van der Waals surface area contributed by atoms with Gasteiger partial charge in [-0.3, -0.25) is 4.79 Å². The van der Waals surface area contributed by atoms with Crippen molar-refractivity contribution in [2.24, 2.45) is 0 Å². The highest BCUT2D eigenvalue weighted by atomic mass is 16.1. The van der Waals surface area contributed by atoms with Crippen LogP contribution in [0.25, 0.3) is 5.69 Å². The van der Waals surface area contributed by atoms with Crippen LogP contribution in [-0.4, -0.2) is 15.7 Å². The van der Waals surface area contributed by atoms with Gasteiger partial charge in [0.05, 0.1) is 23.1 Å². The lowest BCUT2D eigenvalue weighted by Gasteiger charge is -2.11. The maximum atomic E-state index is 12.8. The third kappa shape index (κ3) is 3.07. The second-order valence-electron chi connectivity index (χ2n) is 6.74. The number of aryl methyl sites for hydroxylation is 2. The summed E-state index contributed by atoms with van der Waals surface area (Å²) in [5.41, 5.74) is 5.83. The summed E-state index contributed by atoms with van der Waals surface area (Å²) in [5.74, 6) is 0.327. The number of nitrogens with one attached hydrogen (secondary N) is 1. The van der Waals surface area contributed by atoms with Crippen molar-refractivity contribution in [1.29, 1.82) is 0 Å². The summed E-state index contributed by atoms with van der Waals surface area (Å²) in [6.07, 6.45) is 3.93. The zero-order chi connectivity index (χ0) is 17.4. The molecule has 0 spiro atoms. The largest absolute Gasteiger partial charge is 0.322 e. The molecule has 1 saturated carbocycles. The van der Waals surface area contributed by atoms with E-state index in [1.165, 1.54) is 0 Å². The smallest absolute Gasteiger partial charge is 0.259 e. The molecule has 0 radical (unpaired) electrons. The zero-order valence-electron chi connectivity index (χ0n) is 14.5. The van der Waals surface area contributed by atoms with E-state index >= 15 is 0 Å². The van der Waals surface area contributed by atoms with Gasteiger partial charge < -0.3 is 5.32 Å². The first-order valence-corrected chi connectivity index (χ1v) is 8.65. The van der Waals surface area contributed by atoms with Gasteiger partial charge in [0.15, 0.2) is 0 Å². The predicted octanol–water partition coefficient (Wildman–Crippen LogP) is 4.62. The van der Waals surface area contributed by atoms with E-state index < -0.39 is 0 Å². The molecule has 1 aromatic heterocycles. The number of benzene rings is 2. The number of amides is 1. The first-order valence-electron chi connectivity index (χ1n) is 8.65. The average molecular weight is 331 g/mol. The first kappa shape index (κ1) is 15.6. The predicted molar refractivity (Wildman–Crippen MR) is 99.4 cm³/mol. The van der Waals surface area contributed by atoms with Crippen molar-refractivity contribution in [2.45, 2.75) is 32.6 Å². The third-order valence-corrected chi connectivity index (χ3v) is 4.63. The molecule has 0 bridgehead atoms. The van der Waals surface area contributed by atoms with E-state index in [-0.39, 0.29) is 5.91 Å². The number of carbonyl (C=O) groups is 1. The van der Waals surface area contributed by atoms with Gasteiger partial charge in [-0.1, -0.05) is 30.3 Å². The highest BCUT2D eigenvalue weighted by Gasteiger charge is 2.33. The number of para-hydroxylation sites is 1. The Balaban J connectivity index is 1.71. The van der Waals surface area contributed by atoms with Crippen LogP contribution in [-0.2, 0) is 0 Å². The van der Waals surface area contributed by atoms with Gasteiger partial charge in [-0.2, -0.15) is 5.10 Å². The van der Waals surface area contributed by atoms with Crippen LogP contribution in [0.2, 0.25) is 0 Å². The van der Waals surface area contributed by atoms with Crippen molar-refractivity contribution in [3.63, 3.8) is 0 Å². The van der Waals surface area contributed by atoms with E-state index in [4.69, 9.17) is 0 Å². The van der Waals surface area contributed by atoms with Crippen LogP contribution in [0, 0.1) is 13.8 Å². The molecule has 0 atom stereocenters. The maximum absolute atomic E-state index is 12.8. The van der Waals surface area contributed by atoms with E-state index in [1.54, 1.807) is 6.20 Å². The van der Waals surface area contributed by atoms with Crippen molar-refractivity contribution in [2.75, 3.05) is 5.32 Å². The molecule has 1 aliphatic rings. The second-order valence-corrected chi connectivity index (χ2v) is 6.74. The van der Waals surface area contributed by atoms with Crippen molar-refractivity contribution in [3.05, 3.63) is 77.1 Å². The van der Waals surface area contributed by atoms with Gasteiger partial charge in [0.2, 0.25) is 0 Å². The first-order chi connectivity index (χ1) is 12.1. The normalized spacial score (nSPS) is 13.7. The molecular weight excluding hydrogens is 310 g/mol. The average Bonchev–Trinajstić information content (AvgIpc) is 3.34. The molecular formula is C21H21N3O. The maximum Gasteiger partial charge on any atom is 0.259 e. The topological polar surface area (TPSA) is 46.9 Å². The van der Waals surface area contributed by atoms with E-state index in [9.17, 15) is 4.79 Å². The van der Waals surface area contributed by atoms with Crippen molar-refractivity contribution in [3.8, 4) is 5.69 Å². The minimum Gasteiger partial charge on any atom is -0.322 e. The molecule has 1 aliphatic carbocycles. The van der Waals surface area contributed by atoms with E-state index in [1.807, 2.05) is 48.0 Å². The lowest BCUT2D eigenvalue weighted by Crippen LogP contribution is -2.14. The summed E-state index contributed by atoms with van der Waals surface area (Å²) in [5, 5.41) is 7.55. The fourth-order valence-electron chi connectivity index (χ4n) is 3.20. The van der Waals surface area contributed by atoms with Gasteiger partial charge in [-0.05, 0) is 56.0 Å². The Hall–Kier alpha value is -2.88. The minimum absolute atomic E-state index is 0.0904. The lowest BCUT2D eigenvalue weighted by molar-refractivity contribution is 0.102. The molecule has 4 heteroatoms. The molecule has 2 aromatic carbocycles. The number of hydrogen-bond acceptors (Lipinski definition) is 2. The monoisotopic (exact) mass is 331 g/mol. The zero-order valence-corrected chi connectivity index (χ0v) is 14.5. The van der Waals surface area contributed by atoms with Gasteiger partial charge in [-0.25, -0.2) is 4.68 Å². The van der Waals surface area contributed by atoms with Crippen molar-refractivity contribution >= 4 is 11.6 Å². The SMILES string of the molecule is Cc1cccc(NC(=O)c2cnn(-c3ccccc3C)c2C2CC2)c1. The molecule has 0 aliphatic heterocycles. The van der Waals surface area contributed by atoms with Gasteiger partial charge >= 0.3 is 0 Å². The summed E-state index contributed by atoms with van der Waals surface area (Å²) in [6.45, 7) is 4.08. The van der Waals surface area contributed by atoms with Crippen LogP contribution in [0.15, 0.2) is 54.7 Å². The Morgan fingerprint density at radius 1 is 1.12 bits per heavy atom. The molecule has 1 fully saturated rings. The fraction of sp³-hybridized carbons (Fsp3) is 0.238. The quantitative estimate of drug-likeness (QED) is 0.758. The molecule has 3 aromatic rings. The number of anilines is 1. The lowest BCUT2D eigenvalue weighted by atomic mass is 10.1. The van der Waals surface area contributed by atoms with Crippen LogP contribution in [0.4, 0.5) is 5.69 Å². The van der Waals surface area contributed by atoms with Gasteiger partial charge in [0.1, 0.15) is 0 Å². The summed E-state index contributed by atoms with van der Waals surface area (Å²) in [4.78, 5) is 12.8. The third-order valence-electron chi connectivity index (χ3n) is 4.63. The van der Waals surface area contributed by atoms with Crippen LogP contribution in [0.3, 0.4) is 0 Å². The Labute approximate surface area is 147 Å². The molecule has 0 saturated heterocycles. The van der Waals surface area contributed by atoms with E-state index in [2.05, 4.69) is 29.5 Å². The summed E-state index contributed by atoms with van der Waals surface area (Å²) in [6, 6.07) is 16.0. The molecule has 126 valence electrons. The second kappa shape index (κ2) is 6.20. The highest BCUT2D eigenvalue weighted by Crippen LogP contribution is 2.42. The van der Waals surface area contributed by atoms with Gasteiger partial charge in [0.25, 0.3) is 5.91 Å². The van der Waals surface area contributed by atoms with Crippen LogP contribution >= 0.6 is 0 Å². The molecule has 1 amide bonds. The molecule has 25 heavy (non-hydrogen) atoms. The Kier molecular flexibility index (Phi) is 3.88.